The molecule has 3 aromatic rings. The molecular formula is C27H27N5O4S. The van der Waals surface area contributed by atoms with Gasteiger partial charge in [-0.1, -0.05) is 17.8 Å². The number of pyridine rings is 1. The second kappa shape index (κ2) is 11.5. The predicted molar refractivity (Wildman–Crippen MR) is 143 cm³/mol. The molecular weight excluding hydrogens is 490 g/mol. The van der Waals surface area contributed by atoms with Crippen molar-refractivity contribution in [2.75, 3.05) is 32.4 Å². The van der Waals surface area contributed by atoms with Crippen molar-refractivity contribution >= 4 is 29.2 Å². The largest absolute Gasteiger partial charge is 0.493 e. The molecule has 3 N–H and O–H groups in total. The van der Waals surface area contributed by atoms with Crippen LogP contribution in [0.3, 0.4) is 0 Å². The zero-order valence-electron chi connectivity index (χ0n) is 21.4. The van der Waals surface area contributed by atoms with Crippen molar-refractivity contribution in [2.24, 2.45) is 0 Å². The zero-order chi connectivity index (χ0) is 27.3. The average Bonchev–Trinajstić information content (AvgIpc) is 2.86. The molecule has 1 aromatic heterocycles. The number of amides is 1. The van der Waals surface area contributed by atoms with Gasteiger partial charge in [0.2, 0.25) is 11.7 Å². The van der Waals surface area contributed by atoms with Crippen LogP contribution in [0.5, 0.6) is 17.2 Å². The highest BCUT2D eigenvalue weighted by Gasteiger charge is 2.26. The van der Waals surface area contributed by atoms with Gasteiger partial charge in [-0.15, -0.1) is 0 Å². The standard InChI is InChI=1S/C27H27N5O4S/c1-14-7-15(2)9-18(8-14)31-26(33)16(3)37-27-20(13-29)23(19(12-28)25(30)32-27)17-10-21(34-4)24(36-6)22(11-17)35-5/h7-11,16H,1-6H3,(H2,30,32)(H,31,33). The lowest BCUT2D eigenvalue weighted by atomic mass is 9.96. The topological polar surface area (TPSA) is 143 Å². The van der Waals surface area contributed by atoms with Gasteiger partial charge in [-0.3, -0.25) is 4.79 Å². The summed E-state index contributed by atoms with van der Waals surface area (Å²) >= 11 is 1.08. The molecule has 2 aromatic carbocycles. The maximum Gasteiger partial charge on any atom is 0.237 e. The van der Waals surface area contributed by atoms with E-state index in [1.54, 1.807) is 19.1 Å². The molecule has 37 heavy (non-hydrogen) atoms. The number of carbonyl (C=O) groups is 1. The van der Waals surface area contributed by atoms with E-state index < -0.39 is 5.25 Å². The van der Waals surface area contributed by atoms with E-state index in [0.717, 1.165) is 22.9 Å². The van der Waals surface area contributed by atoms with Crippen molar-refractivity contribution in [2.45, 2.75) is 31.0 Å². The molecule has 0 aliphatic rings. The quantitative estimate of drug-likeness (QED) is 0.401. The molecule has 1 heterocycles. The second-order valence-corrected chi connectivity index (χ2v) is 9.52. The van der Waals surface area contributed by atoms with E-state index >= 15 is 0 Å². The molecule has 1 amide bonds. The van der Waals surface area contributed by atoms with Gasteiger partial charge < -0.3 is 25.3 Å². The molecule has 0 bridgehead atoms. The Balaban J connectivity index is 2.09. The summed E-state index contributed by atoms with van der Waals surface area (Å²) in [5.74, 6) is 0.720. The van der Waals surface area contributed by atoms with Crippen LogP contribution in [-0.2, 0) is 4.79 Å². The molecule has 190 valence electrons. The average molecular weight is 518 g/mol. The number of hydrogen-bond donors (Lipinski definition) is 2. The van der Waals surface area contributed by atoms with E-state index in [9.17, 15) is 15.3 Å². The summed E-state index contributed by atoms with van der Waals surface area (Å²) in [5.41, 5.74) is 9.74. The van der Waals surface area contributed by atoms with Crippen molar-refractivity contribution in [3.8, 4) is 40.5 Å². The van der Waals surface area contributed by atoms with Gasteiger partial charge in [0.05, 0.1) is 32.1 Å². The molecule has 0 saturated heterocycles. The number of aromatic nitrogens is 1. The highest BCUT2D eigenvalue weighted by atomic mass is 32.2. The Morgan fingerprint density at radius 1 is 0.973 bits per heavy atom. The number of methoxy groups -OCH3 is 3. The molecule has 0 fully saturated rings. The minimum atomic E-state index is -0.624. The number of aryl methyl sites for hydroxylation is 2. The molecule has 0 radical (unpaired) electrons. The molecule has 9 nitrogen and oxygen atoms in total. The fraction of sp³-hybridized carbons (Fsp3) is 0.259. The Morgan fingerprint density at radius 3 is 2.03 bits per heavy atom. The van der Waals surface area contributed by atoms with E-state index in [1.165, 1.54) is 21.3 Å². The molecule has 10 heteroatoms. The Kier molecular flexibility index (Phi) is 8.49. The van der Waals surface area contributed by atoms with Crippen LogP contribution >= 0.6 is 11.8 Å². The first-order chi connectivity index (χ1) is 17.7. The number of nitrogens with zero attached hydrogens (tertiary/aromatic N) is 3. The number of nitriles is 2. The van der Waals surface area contributed by atoms with Gasteiger partial charge in [-0.2, -0.15) is 10.5 Å². The third-order valence-corrected chi connectivity index (χ3v) is 6.60. The number of benzene rings is 2. The number of thioether (sulfide) groups is 1. The van der Waals surface area contributed by atoms with Crippen molar-refractivity contribution in [1.29, 1.82) is 10.5 Å². The van der Waals surface area contributed by atoms with Crippen LogP contribution in [0.25, 0.3) is 11.1 Å². The third-order valence-electron chi connectivity index (χ3n) is 5.52. The van der Waals surface area contributed by atoms with Crippen molar-refractivity contribution in [3.63, 3.8) is 0 Å². The molecule has 1 unspecified atom stereocenters. The first-order valence-corrected chi connectivity index (χ1v) is 12.0. The van der Waals surface area contributed by atoms with Crippen LogP contribution in [-0.4, -0.2) is 37.5 Å². The second-order valence-electron chi connectivity index (χ2n) is 8.19. The fourth-order valence-electron chi connectivity index (χ4n) is 3.91. The Morgan fingerprint density at radius 2 is 1.54 bits per heavy atom. The van der Waals surface area contributed by atoms with Crippen LogP contribution in [0.2, 0.25) is 0 Å². The van der Waals surface area contributed by atoms with Crippen molar-refractivity contribution in [1.82, 2.24) is 4.98 Å². The summed E-state index contributed by atoms with van der Waals surface area (Å²) in [6.07, 6.45) is 0. The number of carbonyl (C=O) groups excluding carboxylic acids is 1. The number of ether oxygens (including phenoxy) is 3. The van der Waals surface area contributed by atoms with Crippen LogP contribution < -0.4 is 25.3 Å². The third kappa shape index (κ3) is 5.71. The van der Waals surface area contributed by atoms with E-state index in [0.29, 0.717) is 28.5 Å². The van der Waals surface area contributed by atoms with E-state index in [4.69, 9.17) is 19.9 Å². The Labute approximate surface area is 220 Å². The predicted octanol–water partition coefficient (Wildman–Crippen LogP) is 4.84. The number of anilines is 2. The number of nitrogens with two attached hydrogens (primary N) is 1. The monoisotopic (exact) mass is 517 g/mol. The number of nitrogen functional groups attached to an aromatic ring is 1. The van der Waals surface area contributed by atoms with Crippen LogP contribution in [0.15, 0.2) is 35.4 Å². The summed E-state index contributed by atoms with van der Waals surface area (Å²) in [7, 11) is 4.41. The SMILES string of the molecule is COc1cc(-c2c(C#N)c(N)nc(SC(C)C(=O)Nc3cc(C)cc(C)c3)c2C#N)cc(OC)c1OC. The van der Waals surface area contributed by atoms with Crippen LogP contribution in [0.1, 0.15) is 29.2 Å². The molecule has 0 spiro atoms. The van der Waals surface area contributed by atoms with Gasteiger partial charge in [-0.05, 0) is 61.7 Å². The Bertz CT molecular complexity index is 1400. The lowest BCUT2D eigenvalue weighted by Gasteiger charge is -2.18. The first-order valence-electron chi connectivity index (χ1n) is 11.2. The number of rotatable bonds is 8. The fourth-order valence-corrected chi connectivity index (χ4v) is 4.83. The van der Waals surface area contributed by atoms with E-state index in [2.05, 4.69) is 16.4 Å². The number of nitrogens with one attached hydrogen (secondary N) is 1. The molecule has 1 atom stereocenters. The van der Waals surface area contributed by atoms with E-state index in [1.807, 2.05) is 38.1 Å². The normalized spacial score (nSPS) is 11.1. The lowest BCUT2D eigenvalue weighted by Crippen LogP contribution is -2.23. The van der Waals surface area contributed by atoms with Crippen molar-refractivity contribution < 1.29 is 19.0 Å². The van der Waals surface area contributed by atoms with E-state index in [-0.39, 0.29) is 33.4 Å². The zero-order valence-corrected chi connectivity index (χ0v) is 22.2. The highest BCUT2D eigenvalue weighted by Crippen LogP contribution is 2.44. The molecule has 0 saturated carbocycles. The minimum absolute atomic E-state index is 0.0301. The van der Waals surface area contributed by atoms with Gasteiger partial charge >= 0.3 is 0 Å². The van der Waals surface area contributed by atoms with Crippen LogP contribution in [0, 0.1) is 36.5 Å². The van der Waals surface area contributed by atoms with Gasteiger partial charge in [0.25, 0.3) is 0 Å². The minimum Gasteiger partial charge on any atom is -0.493 e. The Hall–Kier alpha value is -4.41. The number of hydrogen-bond acceptors (Lipinski definition) is 9. The summed E-state index contributed by atoms with van der Waals surface area (Å²) in [6, 6.07) is 13.2. The molecule has 0 aliphatic heterocycles. The highest BCUT2D eigenvalue weighted by molar-refractivity contribution is 8.00. The van der Waals surface area contributed by atoms with Crippen LogP contribution in [0.4, 0.5) is 11.5 Å². The molecule has 3 rings (SSSR count). The summed E-state index contributed by atoms with van der Waals surface area (Å²) in [6.45, 7) is 5.61. The molecule has 0 aliphatic carbocycles. The van der Waals surface area contributed by atoms with Gasteiger partial charge in [-0.25, -0.2) is 4.98 Å². The smallest absolute Gasteiger partial charge is 0.237 e. The summed E-state index contributed by atoms with van der Waals surface area (Å²) < 4.78 is 16.3. The van der Waals surface area contributed by atoms with Gasteiger partial charge in [0.15, 0.2) is 11.5 Å². The van der Waals surface area contributed by atoms with Crippen molar-refractivity contribution in [3.05, 3.63) is 52.6 Å². The van der Waals surface area contributed by atoms with Gasteiger partial charge in [0, 0.05) is 11.3 Å². The maximum absolute atomic E-state index is 13.0. The lowest BCUT2D eigenvalue weighted by molar-refractivity contribution is -0.115. The maximum atomic E-state index is 13.0. The summed E-state index contributed by atoms with van der Waals surface area (Å²) in [5, 5.41) is 22.5. The first kappa shape index (κ1) is 27.2. The summed E-state index contributed by atoms with van der Waals surface area (Å²) in [4.78, 5) is 17.3. The van der Waals surface area contributed by atoms with Gasteiger partial charge in [0.1, 0.15) is 28.5 Å².